The third kappa shape index (κ3) is 5.78. The third-order valence-corrected chi connectivity index (χ3v) is 5.93. The van der Waals surface area contributed by atoms with Crippen molar-refractivity contribution in [1.29, 1.82) is 0 Å². The normalized spacial score (nSPS) is 12.0. The zero-order chi connectivity index (χ0) is 20.0. The average Bonchev–Trinajstić information content (AvgIpc) is 2.62. The van der Waals surface area contributed by atoms with Crippen LogP contribution >= 0.6 is 0 Å². The molecule has 4 heteroatoms. The molecule has 0 spiro atoms. The molecule has 0 heterocycles. The van der Waals surface area contributed by atoms with E-state index in [-0.39, 0.29) is 4.90 Å². The number of hydrogen-bond acceptors (Lipinski definition) is 2. The van der Waals surface area contributed by atoms with Crippen LogP contribution in [0.2, 0.25) is 0 Å². The summed E-state index contributed by atoms with van der Waals surface area (Å²) in [6, 6.07) is 9.98. The van der Waals surface area contributed by atoms with Gasteiger partial charge in [0.2, 0.25) is 0 Å². The average molecular weight is 387 g/mol. The maximum Gasteiger partial charge on any atom is 0.294 e. The highest BCUT2D eigenvalue weighted by Gasteiger charge is 2.16. The molecule has 2 aromatic carbocycles. The van der Waals surface area contributed by atoms with Gasteiger partial charge in [-0.15, -0.1) is 0 Å². The Balaban J connectivity index is 2.26. The summed E-state index contributed by atoms with van der Waals surface area (Å²) < 4.78 is 32.9. The molecule has 0 aliphatic rings. The summed E-state index contributed by atoms with van der Waals surface area (Å²) in [5, 5.41) is 0. The van der Waals surface area contributed by atoms with E-state index in [0.29, 0.717) is 12.0 Å². The molecule has 146 valence electrons. The minimum absolute atomic E-state index is 0.000813. The summed E-state index contributed by atoms with van der Waals surface area (Å²) in [6.45, 7) is 8.14. The predicted octanol–water partition coefficient (Wildman–Crippen LogP) is 5.71. The SMILES string of the molecule is CCCCc1ccc(C=CCc2cc(C)c(C)cc2S(=O)(=O)O)c(CC)c1. The van der Waals surface area contributed by atoms with E-state index in [0.717, 1.165) is 29.5 Å². The quantitative estimate of drug-likeness (QED) is 0.591. The van der Waals surface area contributed by atoms with Crippen LogP contribution in [-0.2, 0) is 29.4 Å². The Hall–Kier alpha value is -1.91. The molecule has 0 saturated carbocycles. The molecule has 0 fully saturated rings. The Bertz CT molecular complexity index is 925. The van der Waals surface area contributed by atoms with Crippen LogP contribution in [0.25, 0.3) is 6.08 Å². The van der Waals surface area contributed by atoms with E-state index in [2.05, 4.69) is 32.0 Å². The maximum absolute atomic E-state index is 11.7. The van der Waals surface area contributed by atoms with Crippen molar-refractivity contribution in [3.05, 3.63) is 69.8 Å². The Morgan fingerprint density at radius 1 is 1.00 bits per heavy atom. The summed E-state index contributed by atoms with van der Waals surface area (Å²) in [5.74, 6) is 0. The van der Waals surface area contributed by atoms with Crippen LogP contribution in [0, 0.1) is 13.8 Å². The Morgan fingerprint density at radius 2 is 1.70 bits per heavy atom. The molecule has 3 nitrogen and oxygen atoms in total. The molecule has 0 atom stereocenters. The number of benzene rings is 2. The van der Waals surface area contributed by atoms with Crippen molar-refractivity contribution in [3.63, 3.8) is 0 Å². The van der Waals surface area contributed by atoms with Gasteiger partial charge < -0.3 is 0 Å². The van der Waals surface area contributed by atoms with Crippen molar-refractivity contribution in [2.75, 3.05) is 0 Å². The van der Waals surface area contributed by atoms with Crippen molar-refractivity contribution < 1.29 is 13.0 Å². The number of allylic oxidation sites excluding steroid dienone is 1. The molecule has 0 amide bonds. The van der Waals surface area contributed by atoms with Gasteiger partial charge in [-0.3, -0.25) is 4.55 Å². The second kappa shape index (κ2) is 9.34. The van der Waals surface area contributed by atoms with Crippen molar-refractivity contribution in [1.82, 2.24) is 0 Å². The van der Waals surface area contributed by atoms with E-state index in [4.69, 9.17) is 0 Å². The molecule has 2 rings (SSSR count). The van der Waals surface area contributed by atoms with Crippen LogP contribution in [0.3, 0.4) is 0 Å². The highest BCUT2D eigenvalue weighted by molar-refractivity contribution is 7.85. The molecule has 0 radical (unpaired) electrons. The van der Waals surface area contributed by atoms with Crippen LogP contribution in [0.4, 0.5) is 0 Å². The van der Waals surface area contributed by atoms with Gasteiger partial charge in [-0.05, 0) is 79.0 Å². The lowest BCUT2D eigenvalue weighted by Gasteiger charge is -2.10. The van der Waals surface area contributed by atoms with E-state index in [1.807, 2.05) is 32.1 Å². The Morgan fingerprint density at radius 3 is 2.33 bits per heavy atom. The summed E-state index contributed by atoms with van der Waals surface area (Å²) >= 11 is 0. The predicted molar refractivity (Wildman–Crippen MR) is 113 cm³/mol. The smallest absolute Gasteiger partial charge is 0.282 e. The highest BCUT2D eigenvalue weighted by atomic mass is 32.2. The summed E-state index contributed by atoms with van der Waals surface area (Å²) in [6.07, 6.45) is 8.92. The fraction of sp³-hybridized carbons (Fsp3) is 0.391. The van der Waals surface area contributed by atoms with Gasteiger partial charge in [-0.1, -0.05) is 56.7 Å². The third-order valence-electron chi connectivity index (χ3n) is 5.00. The van der Waals surface area contributed by atoms with E-state index in [1.165, 1.54) is 24.0 Å². The first-order chi connectivity index (χ1) is 12.8. The minimum Gasteiger partial charge on any atom is -0.282 e. The van der Waals surface area contributed by atoms with E-state index in [9.17, 15) is 13.0 Å². The topological polar surface area (TPSA) is 54.4 Å². The Labute approximate surface area is 163 Å². The second-order valence-electron chi connectivity index (χ2n) is 7.12. The minimum atomic E-state index is -4.23. The number of rotatable bonds is 8. The zero-order valence-corrected chi connectivity index (χ0v) is 17.6. The van der Waals surface area contributed by atoms with Crippen molar-refractivity contribution in [3.8, 4) is 0 Å². The standard InChI is InChI=1S/C23H30O3S/c1-5-7-9-19-12-13-21(20(6-2)16-19)10-8-11-22-14-17(3)18(4)15-23(22)27(24,25)26/h8,10,12-16H,5-7,9,11H2,1-4H3,(H,24,25,26). The van der Waals surface area contributed by atoms with E-state index in [1.54, 1.807) is 6.07 Å². The molecule has 0 bridgehead atoms. The summed E-state index contributed by atoms with van der Waals surface area (Å²) in [7, 11) is -4.23. The molecular weight excluding hydrogens is 356 g/mol. The monoisotopic (exact) mass is 386 g/mol. The summed E-state index contributed by atoms with van der Waals surface area (Å²) in [4.78, 5) is 0.000813. The molecule has 1 N–H and O–H groups in total. The molecule has 0 aromatic heterocycles. The Kier molecular flexibility index (Phi) is 7.40. The lowest BCUT2D eigenvalue weighted by molar-refractivity contribution is 0.482. The number of hydrogen-bond donors (Lipinski definition) is 1. The second-order valence-corrected chi connectivity index (χ2v) is 8.51. The van der Waals surface area contributed by atoms with Gasteiger partial charge in [0.15, 0.2) is 0 Å². The zero-order valence-electron chi connectivity index (χ0n) is 16.7. The van der Waals surface area contributed by atoms with Crippen LogP contribution in [0.15, 0.2) is 41.3 Å². The molecular formula is C23H30O3S. The number of unbranched alkanes of at least 4 members (excludes halogenated alkanes) is 1. The summed E-state index contributed by atoms with van der Waals surface area (Å²) in [5.41, 5.74) is 6.32. The molecule has 27 heavy (non-hydrogen) atoms. The van der Waals surface area contributed by atoms with Gasteiger partial charge in [-0.2, -0.15) is 8.42 Å². The largest absolute Gasteiger partial charge is 0.294 e. The molecule has 0 aliphatic carbocycles. The van der Waals surface area contributed by atoms with Crippen LogP contribution in [-0.4, -0.2) is 13.0 Å². The molecule has 0 saturated heterocycles. The van der Waals surface area contributed by atoms with Gasteiger partial charge >= 0.3 is 0 Å². The van der Waals surface area contributed by atoms with Crippen molar-refractivity contribution >= 4 is 16.2 Å². The van der Waals surface area contributed by atoms with E-state index < -0.39 is 10.1 Å². The first-order valence-corrected chi connectivity index (χ1v) is 11.1. The number of aryl methyl sites for hydroxylation is 4. The van der Waals surface area contributed by atoms with Gasteiger partial charge in [0.25, 0.3) is 10.1 Å². The van der Waals surface area contributed by atoms with E-state index >= 15 is 0 Å². The lowest BCUT2D eigenvalue weighted by atomic mass is 9.98. The van der Waals surface area contributed by atoms with Gasteiger partial charge in [0.1, 0.15) is 0 Å². The van der Waals surface area contributed by atoms with Gasteiger partial charge in [-0.25, -0.2) is 0 Å². The fourth-order valence-corrected chi connectivity index (χ4v) is 4.03. The molecule has 0 aliphatic heterocycles. The maximum atomic E-state index is 11.7. The van der Waals surface area contributed by atoms with Crippen LogP contribution < -0.4 is 0 Å². The van der Waals surface area contributed by atoms with Crippen molar-refractivity contribution in [2.24, 2.45) is 0 Å². The van der Waals surface area contributed by atoms with Crippen LogP contribution in [0.1, 0.15) is 60.1 Å². The van der Waals surface area contributed by atoms with Crippen LogP contribution in [0.5, 0.6) is 0 Å². The van der Waals surface area contributed by atoms with Gasteiger partial charge in [0, 0.05) is 0 Å². The first-order valence-electron chi connectivity index (χ1n) is 9.62. The molecule has 0 unspecified atom stereocenters. The van der Waals surface area contributed by atoms with Crippen molar-refractivity contribution in [2.45, 2.75) is 64.7 Å². The van der Waals surface area contributed by atoms with Gasteiger partial charge in [0.05, 0.1) is 4.90 Å². The fourth-order valence-electron chi connectivity index (χ4n) is 3.23. The molecule has 2 aromatic rings. The lowest BCUT2D eigenvalue weighted by Crippen LogP contribution is -2.04. The first kappa shape index (κ1) is 21.4. The highest BCUT2D eigenvalue weighted by Crippen LogP contribution is 2.22.